The fourth-order valence-electron chi connectivity index (χ4n) is 2.83. The van der Waals surface area contributed by atoms with Gasteiger partial charge in [-0.25, -0.2) is 4.79 Å². The Bertz CT molecular complexity index is 545. The van der Waals surface area contributed by atoms with E-state index in [0.29, 0.717) is 11.1 Å². The number of carboxylic acids is 1. The van der Waals surface area contributed by atoms with E-state index >= 15 is 0 Å². The quantitative estimate of drug-likeness (QED) is 0.872. The van der Waals surface area contributed by atoms with E-state index < -0.39 is 5.97 Å². The van der Waals surface area contributed by atoms with Crippen molar-refractivity contribution >= 4 is 29.3 Å². The molecule has 1 saturated heterocycles. The first-order valence-corrected chi connectivity index (χ1v) is 7.51. The lowest BCUT2D eigenvalue weighted by molar-refractivity contribution is -0.131. The fourth-order valence-corrected chi connectivity index (χ4v) is 3.06. The molecule has 2 rings (SSSR count). The molecule has 5 heteroatoms. The van der Waals surface area contributed by atoms with Crippen molar-refractivity contribution in [1.29, 1.82) is 0 Å². The van der Waals surface area contributed by atoms with Gasteiger partial charge in [-0.1, -0.05) is 17.7 Å². The summed E-state index contributed by atoms with van der Waals surface area (Å²) in [7, 11) is 2.13. The van der Waals surface area contributed by atoms with Gasteiger partial charge in [0.05, 0.1) is 0 Å². The van der Waals surface area contributed by atoms with Crippen LogP contribution in [0, 0.1) is 0 Å². The zero-order valence-electron chi connectivity index (χ0n) is 12.4. The molecule has 0 amide bonds. The number of hydrogen-bond acceptors (Lipinski definition) is 3. The van der Waals surface area contributed by atoms with Crippen molar-refractivity contribution in [2.24, 2.45) is 0 Å². The molecule has 0 bridgehead atoms. The molecule has 1 aromatic rings. The third-order valence-corrected chi connectivity index (χ3v) is 4.11. The number of halogens is 1. The zero-order valence-corrected chi connectivity index (χ0v) is 13.2. The Morgan fingerprint density at radius 3 is 2.90 bits per heavy atom. The summed E-state index contributed by atoms with van der Waals surface area (Å²) in [5.74, 6) is -0.968. The number of nitrogens with zero attached hydrogens (tertiary/aromatic N) is 2. The summed E-state index contributed by atoms with van der Waals surface area (Å²) in [6.45, 7) is 5.18. The first kappa shape index (κ1) is 15.9. The molecular formula is C16H21ClN2O2. The number of anilines is 1. The monoisotopic (exact) mass is 308 g/mol. The number of carbonyl (C=O) groups is 1. The molecule has 0 spiro atoms. The van der Waals surface area contributed by atoms with Crippen molar-refractivity contribution in [2.45, 2.75) is 19.4 Å². The van der Waals surface area contributed by atoms with Crippen LogP contribution < -0.4 is 4.90 Å². The molecule has 21 heavy (non-hydrogen) atoms. The highest BCUT2D eigenvalue weighted by atomic mass is 35.5. The van der Waals surface area contributed by atoms with E-state index in [1.54, 1.807) is 12.1 Å². The molecule has 0 aliphatic carbocycles. The molecule has 1 unspecified atom stereocenters. The zero-order chi connectivity index (χ0) is 15.4. The van der Waals surface area contributed by atoms with Gasteiger partial charge in [0, 0.05) is 41.5 Å². The first-order valence-electron chi connectivity index (χ1n) is 7.13. The van der Waals surface area contributed by atoms with Gasteiger partial charge in [-0.15, -0.1) is 0 Å². The lowest BCUT2D eigenvalue weighted by Gasteiger charge is -2.31. The van der Waals surface area contributed by atoms with Gasteiger partial charge >= 0.3 is 5.97 Å². The SMILES string of the molecule is CC1CN(C)CCCN1c1cccc(Cl)c1/C=C/C(=O)O. The number of benzene rings is 1. The molecular weight excluding hydrogens is 288 g/mol. The van der Waals surface area contributed by atoms with Gasteiger partial charge in [-0.2, -0.15) is 0 Å². The average molecular weight is 309 g/mol. The van der Waals surface area contributed by atoms with Crippen LogP contribution in [0.1, 0.15) is 18.9 Å². The van der Waals surface area contributed by atoms with Crippen molar-refractivity contribution in [2.75, 3.05) is 31.6 Å². The van der Waals surface area contributed by atoms with Gasteiger partial charge < -0.3 is 14.9 Å². The van der Waals surface area contributed by atoms with Crippen molar-refractivity contribution in [3.05, 3.63) is 34.9 Å². The Hall–Kier alpha value is -1.52. The van der Waals surface area contributed by atoms with E-state index in [2.05, 4.69) is 23.8 Å². The van der Waals surface area contributed by atoms with E-state index in [-0.39, 0.29) is 0 Å². The third-order valence-electron chi connectivity index (χ3n) is 3.78. The summed E-state index contributed by atoms with van der Waals surface area (Å²) in [6.07, 6.45) is 3.80. The molecule has 0 radical (unpaired) electrons. The smallest absolute Gasteiger partial charge is 0.328 e. The normalized spacial score (nSPS) is 20.7. The summed E-state index contributed by atoms with van der Waals surface area (Å²) < 4.78 is 0. The Morgan fingerprint density at radius 1 is 1.43 bits per heavy atom. The second-order valence-electron chi connectivity index (χ2n) is 5.50. The molecule has 1 aliphatic rings. The number of likely N-dealkylation sites (N-methyl/N-ethyl adjacent to an activating group) is 1. The molecule has 0 aromatic heterocycles. The molecule has 114 valence electrons. The molecule has 1 fully saturated rings. The Balaban J connectivity index is 2.38. The van der Waals surface area contributed by atoms with Crippen LogP contribution in [0.2, 0.25) is 5.02 Å². The van der Waals surface area contributed by atoms with Crippen molar-refractivity contribution < 1.29 is 9.90 Å². The van der Waals surface area contributed by atoms with Gasteiger partial charge in [0.25, 0.3) is 0 Å². The van der Waals surface area contributed by atoms with Crippen LogP contribution in [0.25, 0.3) is 6.08 Å². The lowest BCUT2D eigenvalue weighted by Crippen LogP contribution is -2.38. The maximum Gasteiger partial charge on any atom is 0.328 e. The maximum absolute atomic E-state index is 10.8. The van der Waals surface area contributed by atoms with Gasteiger partial charge in [0.2, 0.25) is 0 Å². The van der Waals surface area contributed by atoms with E-state index in [4.69, 9.17) is 16.7 Å². The lowest BCUT2D eigenvalue weighted by atomic mass is 10.1. The highest BCUT2D eigenvalue weighted by Gasteiger charge is 2.22. The fraction of sp³-hybridized carbons (Fsp3) is 0.438. The van der Waals surface area contributed by atoms with Crippen LogP contribution >= 0.6 is 11.6 Å². The van der Waals surface area contributed by atoms with Crippen molar-refractivity contribution in [3.63, 3.8) is 0 Å². The summed E-state index contributed by atoms with van der Waals surface area (Å²) >= 11 is 6.27. The van der Waals surface area contributed by atoms with Gasteiger partial charge in [0.1, 0.15) is 0 Å². The van der Waals surface area contributed by atoms with E-state index in [1.807, 2.05) is 12.1 Å². The Kier molecular flexibility index (Phi) is 5.26. The second kappa shape index (κ2) is 6.96. The predicted octanol–water partition coefficient (Wildman–Crippen LogP) is 2.97. The minimum Gasteiger partial charge on any atom is -0.478 e. The molecule has 1 aliphatic heterocycles. The molecule has 0 saturated carbocycles. The number of hydrogen-bond donors (Lipinski definition) is 1. The van der Waals surface area contributed by atoms with E-state index in [9.17, 15) is 4.79 Å². The maximum atomic E-state index is 10.8. The topological polar surface area (TPSA) is 43.8 Å². The summed E-state index contributed by atoms with van der Waals surface area (Å²) in [6, 6.07) is 6.07. The minimum atomic E-state index is -0.968. The van der Waals surface area contributed by atoms with Crippen LogP contribution in [0.4, 0.5) is 5.69 Å². The van der Waals surface area contributed by atoms with Crippen LogP contribution in [0.15, 0.2) is 24.3 Å². The van der Waals surface area contributed by atoms with Gasteiger partial charge in [-0.3, -0.25) is 0 Å². The van der Waals surface area contributed by atoms with Gasteiger partial charge in [-0.05, 0) is 45.1 Å². The first-order chi connectivity index (χ1) is 9.99. The number of aliphatic carboxylic acids is 1. The van der Waals surface area contributed by atoms with E-state index in [0.717, 1.165) is 43.4 Å². The van der Waals surface area contributed by atoms with Crippen LogP contribution in [0.5, 0.6) is 0 Å². The Labute approximate surface area is 130 Å². The highest BCUT2D eigenvalue weighted by Crippen LogP contribution is 2.31. The second-order valence-corrected chi connectivity index (χ2v) is 5.91. The average Bonchev–Trinajstić information content (AvgIpc) is 2.57. The van der Waals surface area contributed by atoms with Crippen LogP contribution in [-0.2, 0) is 4.79 Å². The molecule has 1 heterocycles. The third kappa shape index (κ3) is 3.99. The summed E-state index contributed by atoms with van der Waals surface area (Å²) in [5.41, 5.74) is 1.78. The highest BCUT2D eigenvalue weighted by molar-refractivity contribution is 6.32. The molecule has 1 aromatic carbocycles. The largest absolute Gasteiger partial charge is 0.478 e. The minimum absolute atomic E-state index is 0.355. The Morgan fingerprint density at radius 2 is 2.19 bits per heavy atom. The summed E-state index contributed by atoms with van der Waals surface area (Å²) in [5, 5.41) is 9.43. The number of rotatable bonds is 3. The standard InChI is InChI=1S/C16H21ClN2O2/c1-12-11-18(2)9-4-10-19(12)15-6-3-5-14(17)13(15)7-8-16(20)21/h3,5-8,12H,4,9-11H2,1-2H3,(H,20,21)/b8-7+. The van der Waals surface area contributed by atoms with Crippen LogP contribution in [-0.4, -0.2) is 48.7 Å². The molecule has 4 nitrogen and oxygen atoms in total. The van der Waals surface area contributed by atoms with Gasteiger partial charge in [0.15, 0.2) is 0 Å². The van der Waals surface area contributed by atoms with Crippen molar-refractivity contribution in [3.8, 4) is 0 Å². The number of carboxylic acid groups (broad SMARTS) is 1. The molecule has 1 atom stereocenters. The predicted molar refractivity (Wildman–Crippen MR) is 87.0 cm³/mol. The van der Waals surface area contributed by atoms with E-state index in [1.165, 1.54) is 0 Å². The van der Waals surface area contributed by atoms with Crippen molar-refractivity contribution in [1.82, 2.24) is 4.90 Å². The summed E-state index contributed by atoms with van der Waals surface area (Å²) in [4.78, 5) is 15.4. The molecule has 1 N–H and O–H groups in total. The van der Waals surface area contributed by atoms with Crippen LogP contribution in [0.3, 0.4) is 0 Å².